The van der Waals surface area contributed by atoms with Crippen molar-refractivity contribution in [3.05, 3.63) is 35.4 Å². The number of pyridine rings is 1. The first kappa shape index (κ1) is 12.5. The minimum Gasteiger partial charge on any atom is -0.368 e. The highest BCUT2D eigenvalue weighted by Gasteiger charge is 2.10. The molecule has 0 spiro atoms. The van der Waals surface area contributed by atoms with Crippen LogP contribution in [0.2, 0.25) is 5.28 Å². The average Bonchev–Trinajstić information content (AvgIpc) is 2.36. The molecular formula is C11H13ClN6. The monoisotopic (exact) mass is 264 g/mol. The maximum Gasteiger partial charge on any atom is 0.231 e. The molecule has 18 heavy (non-hydrogen) atoms. The van der Waals surface area contributed by atoms with Crippen molar-refractivity contribution in [3.63, 3.8) is 0 Å². The minimum absolute atomic E-state index is 0.102. The summed E-state index contributed by atoms with van der Waals surface area (Å²) >= 11 is 5.78. The van der Waals surface area contributed by atoms with Gasteiger partial charge in [-0.3, -0.25) is 4.98 Å². The molecule has 2 rings (SSSR count). The lowest BCUT2D eigenvalue weighted by Crippen LogP contribution is -2.25. The second-order valence-electron chi connectivity index (χ2n) is 3.63. The maximum atomic E-state index is 5.78. The molecule has 2 heterocycles. The third-order valence-electron chi connectivity index (χ3n) is 2.40. The normalized spacial score (nSPS) is 10.3. The summed E-state index contributed by atoms with van der Waals surface area (Å²) in [7, 11) is 0. The van der Waals surface area contributed by atoms with Crippen LogP contribution in [0.1, 0.15) is 12.5 Å². The van der Waals surface area contributed by atoms with Crippen molar-refractivity contribution in [1.82, 2.24) is 19.9 Å². The SMILES string of the molecule is CCN(Cc1ccncc1)c1nc(N)nc(Cl)n1. The first-order valence-electron chi connectivity index (χ1n) is 5.50. The highest BCUT2D eigenvalue weighted by molar-refractivity contribution is 6.28. The van der Waals surface area contributed by atoms with Crippen LogP contribution in [0.3, 0.4) is 0 Å². The summed E-state index contributed by atoms with van der Waals surface area (Å²) in [6.07, 6.45) is 3.50. The van der Waals surface area contributed by atoms with Crippen molar-refractivity contribution in [2.75, 3.05) is 17.2 Å². The molecule has 0 aromatic carbocycles. The molecule has 0 aliphatic rings. The van der Waals surface area contributed by atoms with E-state index in [0.717, 1.165) is 12.1 Å². The lowest BCUT2D eigenvalue weighted by atomic mass is 10.2. The van der Waals surface area contributed by atoms with E-state index in [4.69, 9.17) is 17.3 Å². The molecule has 7 heteroatoms. The van der Waals surface area contributed by atoms with Gasteiger partial charge in [0.1, 0.15) is 0 Å². The number of halogens is 1. The van der Waals surface area contributed by atoms with Crippen LogP contribution in [0.15, 0.2) is 24.5 Å². The van der Waals surface area contributed by atoms with E-state index in [1.165, 1.54) is 0 Å². The number of hydrogen-bond donors (Lipinski definition) is 1. The van der Waals surface area contributed by atoms with Crippen LogP contribution in [0.4, 0.5) is 11.9 Å². The largest absolute Gasteiger partial charge is 0.368 e. The molecule has 94 valence electrons. The van der Waals surface area contributed by atoms with Gasteiger partial charge in [0.15, 0.2) is 0 Å². The molecule has 0 amide bonds. The van der Waals surface area contributed by atoms with Gasteiger partial charge in [-0.2, -0.15) is 15.0 Å². The highest BCUT2D eigenvalue weighted by Crippen LogP contribution is 2.14. The Balaban J connectivity index is 2.23. The second-order valence-corrected chi connectivity index (χ2v) is 3.97. The van der Waals surface area contributed by atoms with Crippen LogP contribution >= 0.6 is 11.6 Å². The minimum atomic E-state index is 0.102. The fraction of sp³-hybridized carbons (Fsp3) is 0.273. The smallest absolute Gasteiger partial charge is 0.231 e. The maximum absolute atomic E-state index is 5.78. The summed E-state index contributed by atoms with van der Waals surface area (Å²) in [5.74, 6) is 0.602. The summed E-state index contributed by atoms with van der Waals surface area (Å²) in [6, 6.07) is 3.88. The molecule has 0 saturated heterocycles. The Morgan fingerprint density at radius 3 is 2.56 bits per heavy atom. The number of rotatable bonds is 4. The van der Waals surface area contributed by atoms with Crippen LogP contribution in [0.5, 0.6) is 0 Å². The molecule has 2 N–H and O–H groups in total. The molecule has 6 nitrogen and oxygen atoms in total. The molecule has 0 fully saturated rings. The van der Waals surface area contributed by atoms with Gasteiger partial charge in [-0.05, 0) is 36.2 Å². The summed E-state index contributed by atoms with van der Waals surface area (Å²) in [6.45, 7) is 3.41. The second kappa shape index (κ2) is 5.59. The summed E-state index contributed by atoms with van der Waals surface area (Å²) < 4.78 is 0. The molecule has 0 radical (unpaired) electrons. The van der Waals surface area contributed by atoms with Gasteiger partial charge >= 0.3 is 0 Å². The number of nitrogens with zero attached hydrogens (tertiary/aromatic N) is 5. The zero-order valence-corrected chi connectivity index (χ0v) is 10.7. The predicted molar refractivity (Wildman–Crippen MR) is 70.2 cm³/mol. The fourth-order valence-electron chi connectivity index (χ4n) is 1.53. The Kier molecular flexibility index (Phi) is 3.88. The van der Waals surface area contributed by atoms with Gasteiger partial charge in [0.05, 0.1) is 0 Å². The average molecular weight is 265 g/mol. The van der Waals surface area contributed by atoms with E-state index in [0.29, 0.717) is 12.5 Å². The van der Waals surface area contributed by atoms with Crippen molar-refractivity contribution in [3.8, 4) is 0 Å². The van der Waals surface area contributed by atoms with Gasteiger partial charge < -0.3 is 10.6 Å². The molecule has 0 bridgehead atoms. The van der Waals surface area contributed by atoms with Gasteiger partial charge in [0.2, 0.25) is 17.2 Å². The molecule has 2 aromatic rings. The summed E-state index contributed by atoms with van der Waals surface area (Å²) in [5.41, 5.74) is 6.67. The van der Waals surface area contributed by atoms with Gasteiger partial charge in [-0.1, -0.05) is 0 Å². The molecule has 2 aromatic heterocycles. The lowest BCUT2D eigenvalue weighted by molar-refractivity contribution is 0.785. The van der Waals surface area contributed by atoms with Gasteiger partial charge in [-0.15, -0.1) is 0 Å². The fourth-order valence-corrected chi connectivity index (χ4v) is 1.69. The first-order valence-corrected chi connectivity index (χ1v) is 5.87. The predicted octanol–water partition coefficient (Wildman–Crippen LogP) is 1.53. The Morgan fingerprint density at radius 2 is 1.94 bits per heavy atom. The molecule has 0 atom stereocenters. The Labute approximate surface area is 110 Å². The zero-order chi connectivity index (χ0) is 13.0. The van der Waals surface area contributed by atoms with Crippen molar-refractivity contribution >= 4 is 23.5 Å². The van der Waals surface area contributed by atoms with E-state index in [-0.39, 0.29) is 11.2 Å². The van der Waals surface area contributed by atoms with Gasteiger partial charge in [-0.25, -0.2) is 0 Å². The Hall–Kier alpha value is -1.95. The topological polar surface area (TPSA) is 80.8 Å². The Bertz CT molecular complexity index is 498. The molecule has 0 unspecified atom stereocenters. The number of aromatic nitrogens is 4. The summed E-state index contributed by atoms with van der Waals surface area (Å²) in [4.78, 5) is 17.8. The van der Waals surface area contributed by atoms with E-state index < -0.39 is 0 Å². The highest BCUT2D eigenvalue weighted by atomic mass is 35.5. The van der Waals surface area contributed by atoms with Crippen LogP contribution < -0.4 is 10.6 Å². The van der Waals surface area contributed by atoms with E-state index in [1.54, 1.807) is 12.4 Å². The van der Waals surface area contributed by atoms with Crippen molar-refractivity contribution in [1.29, 1.82) is 0 Å². The van der Waals surface area contributed by atoms with Crippen molar-refractivity contribution < 1.29 is 0 Å². The van der Waals surface area contributed by atoms with Crippen LogP contribution in [0.25, 0.3) is 0 Å². The zero-order valence-electron chi connectivity index (χ0n) is 9.91. The molecule has 0 aliphatic heterocycles. The van der Waals surface area contributed by atoms with Gasteiger partial charge in [0, 0.05) is 25.5 Å². The number of nitrogen functional groups attached to an aromatic ring is 1. The number of anilines is 2. The molecule has 0 saturated carbocycles. The Morgan fingerprint density at radius 1 is 1.22 bits per heavy atom. The first-order chi connectivity index (χ1) is 8.69. The van der Waals surface area contributed by atoms with E-state index >= 15 is 0 Å². The van der Waals surface area contributed by atoms with E-state index in [2.05, 4.69) is 19.9 Å². The molecular weight excluding hydrogens is 252 g/mol. The quantitative estimate of drug-likeness (QED) is 0.902. The summed E-state index contributed by atoms with van der Waals surface area (Å²) in [5, 5.41) is 0.102. The molecule has 0 aliphatic carbocycles. The number of nitrogens with two attached hydrogens (primary N) is 1. The van der Waals surface area contributed by atoms with Crippen molar-refractivity contribution in [2.24, 2.45) is 0 Å². The van der Waals surface area contributed by atoms with E-state index in [9.17, 15) is 0 Å². The third-order valence-corrected chi connectivity index (χ3v) is 2.57. The number of hydrogen-bond acceptors (Lipinski definition) is 6. The van der Waals surface area contributed by atoms with Gasteiger partial charge in [0.25, 0.3) is 0 Å². The third kappa shape index (κ3) is 3.04. The van der Waals surface area contributed by atoms with Crippen molar-refractivity contribution in [2.45, 2.75) is 13.5 Å². The van der Waals surface area contributed by atoms with Crippen LogP contribution in [-0.2, 0) is 6.54 Å². The standard InChI is InChI=1S/C11H13ClN6/c1-2-18(7-8-3-5-14-6-4-8)11-16-9(12)15-10(13)17-11/h3-6H,2,7H2,1H3,(H2,13,15,16,17). The van der Waals surface area contributed by atoms with E-state index in [1.807, 2.05) is 24.0 Å². The van der Waals surface area contributed by atoms with Crippen LogP contribution in [-0.4, -0.2) is 26.5 Å². The lowest BCUT2D eigenvalue weighted by Gasteiger charge is -2.20. The van der Waals surface area contributed by atoms with Crippen LogP contribution in [0, 0.1) is 0 Å².